The summed E-state index contributed by atoms with van der Waals surface area (Å²) in [6.07, 6.45) is 2.69. The molecule has 0 radical (unpaired) electrons. The van der Waals surface area contributed by atoms with Crippen molar-refractivity contribution >= 4 is 5.91 Å². The highest BCUT2D eigenvalue weighted by atomic mass is 16.5. The molecule has 0 unspecified atom stereocenters. The zero-order valence-corrected chi connectivity index (χ0v) is 12.7. The predicted molar refractivity (Wildman–Crippen MR) is 80.6 cm³/mol. The van der Waals surface area contributed by atoms with E-state index in [1.165, 1.54) is 0 Å². The van der Waals surface area contributed by atoms with Crippen LogP contribution in [0.25, 0.3) is 0 Å². The summed E-state index contributed by atoms with van der Waals surface area (Å²) >= 11 is 0. The maximum absolute atomic E-state index is 12.7. The van der Waals surface area contributed by atoms with E-state index >= 15 is 0 Å². The normalized spacial score (nSPS) is 28.3. The average molecular weight is 289 g/mol. The largest absolute Gasteiger partial charge is 0.494 e. The van der Waals surface area contributed by atoms with Crippen molar-refractivity contribution in [2.45, 2.75) is 38.9 Å². The van der Waals surface area contributed by atoms with Crippen molar-refractivity contribution in [1.82, 2.24) is 4.90 Å². The molecule has 2 aliphatic rings. The minimum Gasteiger partial charge on any atom is -0.494 e. The maximum atomic E-state index is 12.7. The lowest BCUT2D eigenvalue weighted by Gasteiger charge is -2.34. The smallest absolute Gasteiger partial charge is 0.254 e. The Balaban J connectivity index is 1.69. The highest BCUT2D eigenvalue weighted by molar-refractivity contribution is 5.94. The number of hydrogen-bond acceptors (Lipinski definition) is 3. The van der Waals surface area contributed by atoms with E-state index in [9.17, 15) is 4.79 Å². The van der Waals surface area contributed by atoms with Crippen molar-refractivity contribution in [3.8, 4) is 5.75 Å². The number of carbonyl (C=O) groups excluding carboxylic acids is 1. The molecule has 0 aliphatic carbocycles. The lowest BCUT2D eigenvalue weighted by molar-refractivity contribution is 0.00864. The predicted octanol–water partition coefficient (Wildman–Crippen LogP) is 2.72. The van der Waals surface area contributed by atoms with Crippen LogP contribution in [0.1, 0.15) is 37.0 Å². The molecule has 21 heavy (non-hydrogen) atoms. The molecule has 2 aliphatic heterocycles. The van der Waals surface area contributed by atoms with E-state index in [-0.39, 0.29) is 5.91 Å². The Hall–Kier alpha value is -1.55. The van der Waals surface area contributed by atoms with Gasteiger partial charge in [-0.05, 0) is 44.9 Å². The van der Waals surface area contributed by atoms with Crippen LogP contribution in [-0.2, 0) is 4.74 Å². The van der Waals surface area contributed by atoms with Crippen LogP contribution in [0.5, 0.6) is 5.75 Å². The summed E-state index contributed by atoms with van der Waals surface area (Å²) in [5.41, 5.74) is 0.714. The molecule has 0 N–H and O–H groups in total. The van der Waals surface area contributed by atoms with Gasteiger partial charge in [0.1, 0.15) is 5.75 Å². The Bertz CT molecular complexity index is 517. The second kappa shape index (κ2) is 6.06. The van der Waals surface area contributed by atoms with Crippen LogP contribution < -0.4 is 4.74 Å². The van der Waals surface area contributed by atoms with Crippen molar-refractivity contribution in [1.29, 1.82) is 0 Å². The van der Waals surface area contributed by atoms with Crippen LogP contribution in [0.2, 0.25) is 0 Å². The highest BCUT2D eigenvalue weighted by Gasteiger charge is 2.38. The molecule has 1 amide bonds. The van der Waals surface area contributed by atoms with Gasteiger partial charge in [0, 0.05) is 24.6 Å². The van der Waals surface area contributed by atoms with Gasteiger partial charge >= 0.3 is 0 Å². The molecule has 114 valence electrons. The number of nitrogens with zero attached hydrogens (tertiary/aromatic N) is 1. The van der Waals surface area contributed by atoms with Gasteiger partial charge in [0.15, 0.2) is 0 Å². The Kier molecular flexibility index (Phi) is 4.15. The summed E-state index contributed by atoms with van der Waals surface area (Å²) < 4.78 is 11.4. The molecule has 1 aromatic carbocycles. The van der Waals surface area contributed by atoms with E-state index in [0.29, 0.717) is 30.3 Å². The fraction of sp³-hybridized carbons (Fsp3) is 0.588. The molecular weight excluding hydrogens is 266 g/mol. The van der Waals surface area contributed by atoms with Gasteiger partial charge in [0.2, 0.25) is 0 Å². The molecular formula is C17H23NO3. The Morgan fingerprint density at radius 2 is 2.33 bits per heavy atom. The molecule has 2 heterocycles. The van der Waals surface area contributed by atoms with Crippen LogP contribution in [-0.4, -0.2) is 42.7 Å². The third-order valence-electron chi connectivity index (χ3n) is 4.39. The number of benzene rings is 1. The number of carbonyl (C=O) groups is 1. The summed E-state index contributed by atoms with van der Waals surface area (Å²) in [6.45, 7) is 6.27. The van der Waals surface area contributed by atoms with Crippen molar-refractivity contribution in [2.75, 3.05) is 19.7 Å². The van der Waals surface area contributed by atoms with Crippen LogP contribution in [0.4, 0.5) is 0 Å². The summed E-state index contributed by atoms with van der Waals surface area (Å²) in [6, 6.07) is 7.47. The van der Waals surface area contributed by atoms with E-state index in [1.54, 1.807) is 0 Å². The van der Waals surface area contributed by atoms with Gasteiger partial charge in [-0.15, -0.1) is 0 Å². The highest BCUT2D eigenvalue weighted by Crippen LogP contribution is 2.33. The molecule has 4 nitrogen and oxygen atoms in total. The SMILES string of the molecule is CCOc1cccc(C(=O)N2CC[C@@H]3O[C@@H](C)C[C@H]3C2)c1. The average Bonchev–Trinajstić information content (AvgIpc) is 2.86. The topological polar surface area (TPSA) is 38.8 Å². The van der Waals surface area contributed by atoms with Crippen molar-refractivity contribution in [2.24, 2.45) is 5.92 Å². The van der Waals surface area contributed by atoms with Gasteiger partial charge < -0.3 is 14.4 Å². The van der Waals surface area contributed by atoms with E-state index in [2.05, 4.69) is 6.92 Å². The molecule has 0 saturated carbocycles. The van der Waals surface area contributed by atoms with Crippen LogP contribution in [0.3, 0.4) is 0 Å². The monoisotopic (exact) mass is 289 g/mol. The first-order valence-electron chi connectivity index (χ1n) is 7.85. The number of hydrogen-bond donors (Lipinski definition) is 0. The van der Waals surface area contributed by atoms with Crippen LogP contribution in [0, 0.1) is 5.92 Å². The van der Waals surface area contributed by atoms with E-state index in [0.717, 1.165) is 31.7 Å². The molecule has 2 fully saturated rings. The summed E-state index contributed by atoms with van der Waals surface area (Å²) in [4.78, 5) is 14.6. The zero-order valence-electron chi connectivity index (χ0n) is 12.7. The summed E-state index contributed by atoms with van der Waals surface area (Å²) in [7, 11) is 0. The van der Waals surface area contributed by atoms with Gasteiger partial charge in [0.05, 0.1) is 18.8 Å². The minimum absolute atomic E-state index is 0.106. The summed E-state index contributed by atoms with van der Waals surface area (Å²) in [5.74, 6) is 1.36. The van der Waals surface area contributed by atoms with Crippen LogP contribution >= 0.6 is 0 Å². The number of fused-ring (bicyclic) bond motifs is 1. The first-order chi connectivity index (χ1) is 10.2. The Labute approximate surface area is 126 Å². The molecule has 2 saturated heterocycles. The van der Waals surface area contributed by atoms with Gasteiger partial charge in [-0.2, -0.15) is 0 Å². The molecule has 0 bridgehead atoms. The van der Waals surface area contributed by atoms with Gasteiger partial charge in [-0.25, -0.2) is 0 Å². The lowest BCUT2D eigenvalue weighted by atomic mass is 9.92. The molecule has 1 aromatic rings. The third kappa shape index (κ3) is 3.05. The number of likely N-dealkylation sites (tertiary alicyclic amines) is 1. The maximum Gasteiger partial charge on any atom is 0.254 e. The fourth-order valence-corrected chi connectivity index (χ4v) is 3.45. The Morgan fingerprint density at radius 1 is 1.48 bits per heavy atom. The zero-order chi connectivity index (χ0) is 14.8. The van der Waals surface area contributed by atoms with E-state index < -0.39 is 0 Å². The first-order valence-corrected chi connectivity index (χ1v) is 7.85. The molecule has 4 heteroatoms. The second-order valence-electron chi connectivity index (χ2n) is 5.98. The first kappa shape index (κ1) is 14.4. The molecule has 0 spiro atoms. The lowest BCUT2D eigenvalue weighted by Crippen LogP contribution is -2.44. The third-order valence-corrected chi connectivity index (χ3v) is 4.39. The quantitative estimate of drug-likeness (QED) is 0.859. The fourth-order valence-electron chi connectivity index (χ4n) is 3.45. The van der Waals surface area contributed by atoms with Crippen molar-refractivity contribution in [3.63, 3.8) is 0 Å². The van der Waals surface area contributed by atoms with Crippen molar-refractivity contribution in [3.05, 3.63) is 29.8 Å². The van der Waals surface area contributed by atoms with E-state index in [4.69, 9.17) is 9.47 Å². The number of rotatable bonds is 3. The van der Waals surface area contributed by atoms with E-state index in [1.807, 2.05) is 36.1 Å². The number of ether oxygens (including phenoxy) is 2. The molecule has 3 rings (SSSR count). The van der Waals surface area contributed by atoms with Gasteiger partial charge in [-0.1, -0.05) is 6.07 Å². The summed E-state index contributed by atoms with van der Waals surface area (Å²) in [5, 5.41) is 0. The molecule has 0 aromatic heterocycles. The van der Waals surface area contributed by atoms with Crippen LogP contribution in [0.15, 0.2) is 24.3 Å². The molecule has 3 atom stereocenters. The Morgan fingerprint density at radius 3 is 3.14 bits per heavy atom. The van der Waals surface area contributed by atoms with Gasteiger partial charge in [0.25, 0.3) is 5.91 Å². The standard InChI is InChI=1S/C17H23NO3/c1-3-20-15-6-4-5-13(10-15)17(19)18-8-7-16-14(11-18)9-12(2)21-16/h4-6,10,12,14,16H,3,7-9,11H2,1-2H3/t12-,14-,16-/m0/s1. The number of piperidine rings is 1. The number of amides is 1. The van der Waals surface area contributed by atoms with Crippen molar-refractivity contribution < 1.29 is 14.3 Å². The minimum atomic E-state index is 0.106. The second-order valence-corrected chi connectivity index (χ2v) is 5.98. The van der Waals surface area contributed by atoms with Gasteiger partial charge in [-0.3, -0.25) is 4.79 Å².